The molecule has 0 saturated carbocycles. The van der Waals surface area contributed by atoms with E-state index >= 15 is 0 Å². The van der Waals surface area contributed by atoms with E-state index in [-0.39, 0.29) is 36.0 Å². The van der Waals surface area contributed by atoms with Gasteiger partial charge in [-0.1, -0.05) is 42.5 Å². The van der Waals surface area contributed by atoms with Crippen LogP contribution < -0.4 is 16.2 Å². The summed E-state index contributed by atoms with van der Waals surface area (Å²) < 4.78 is 16.3. The molecule has 0 fully saturated rings. The third kappa shape index (κ3) is 4.67. The number of nitrogens with zero attached hydrogens (tertiary/aromatic N) is 1. The second kappa shape index (κ2) is 9.50. The van der Waals surface area contributed by atoms with Crippen molar-refractivity contribution >= 4 is 17.6 Å². The van der Waals surface area contributed by atoms with Crippen LogP contribution in [0, 0.1) is 11.3 Å². The molecule has 0 aromatic heterocycles. The van der Waals surface area contributed by atoms with E-state index in [1.807, 2.05) is 6.07 Å². The maximum absolute atomic E-state index is 13.0. The minimum atomic E-state index is -0.807. The van der Waals surface area contributed by atoms with Crippen LogP contribution in [0.15, 0.2) is 71.6 Å². The van der Waals surface area contributed by atoms with E-state index in [1.54, 1.807) is 55.5 Å². The van der Waals surface area contributed by atoms with Gasteiger partial charge in [-0.05, 0) is 24.6 Å². The highest BCUT2D eigenvalue weighted by atomic mass is 16.5. The zero-order valence-electron chi connectivity index (χ0n) is 16.8. The number of ether oxygens (including phenoxy) is 3. The van der Waals surface area contributed by atoms with Crippen LogP contribution in [-0.4, -0.2) is 25.1 Å². The van der Waals surface area contributed by atoms with Gasteiger partial charge in [0.1, 0.15) is 23.2 Å². The SMILES string of the molecule is CCOC(=O)C1=C(c2ccccc2)OC(N)=C(C#N)[C@@H]1c1ccc(OCC(N)=O)cc1. The summed E-state index contributed by atoms with van der Waals surface area (Å²) in [5, 5.41) is 9.76. The molecule has 31 heavy (non-hydrogen) atoms. The first kappa shape index (κ1) is 21.5. The molecule has 1 aliphatic rings. The first-order chi connectivity index (χ1) is 15.0. The van der Waals surface area contributed by atoms with Crippen LogP contribution in [0.25, 0.3) is 5.76 Å². The Hall–Kier alpha value is -4.25. The largest absolute Gasteiger partial charge is 0.484 e. The number of benzene rings is 2. The number of hydrogen-bond acceptors (Lipinski definition) is 7. The van der Waals surface area contributed by atoms with Gasteiger partial charge < -0.3 is 25.7 Å². The van der Waals surface area contributed by atoms with Crippen molar-refractivity contribution in [2.24, 2.45) is 11.5 Å². The van der Waals surface area contributed by atoms with Crippen LogP contribution in [0.2, 0.25) is 0 Å². The summed E-state index contributed by atoms with van der Waals surface area (Å²) in [4.78, 5) is 23.9. The average Bonchev–Trinajstić information content (AvgIpc) is 2.78. The number of esters is 1. The second-order valence-electron chi connectivity index (χ2n) is 6.58. The van der Waals surface area contributed by atoms with Crippen LogP contribution >= 0.6 is 0 Å². The molecule has 8 nitrogen and oxygen atoms in total. The Bertz CT molecular complexity index is 1080. The summed E-state index contributed by atoms with van der Waals surface area (Å²) in [5.41, 5.74) is 12.6. The molecule has 3 rings (SSSR count). The number of carbonyl (C=O) groups excluding carboxylic acids is 2. The zero-order chi connectivity index (χ0) is 22.4. The molecule has 0 unspecified atom stereocenters. The van der Waals surface area contributed by atoms with Crippen LogP contribution in [-0.2, 0) is 19.1 Å². The van der Waals surface area contributed by atoms with Crippen LogP contribution in [0.4, 0.5) is 0 Å². The lowest BCUT2D eigenvalue weighted by atomic mass is 9.82. The van der Waals surface area contributed by atoms with Crippen molar-refractivity contribution in [3.63, 3.8) is 0 Å². The molecule has 2 aromatic rings. The number of nitrogens with two attached hydrogens (primary N) is 2. The first-order valence-electron chi connectivity index (χ1n) is 9.51. The molecule has 0 spiro atoms. The lowest BCUT2D eigenvalue weighted by Gasteiger charge is -2.28. The Labute approximate surface area is 179 Å². The molecule has 0 radical (unpaired) electrons. The molecule has 0 bridgehead atoms. The quantitative estimate of drug-likeness (QED) is 0.657. The fourth-order valence-corrected chi connectivity index (χ4v) is 3.22. The Kier molecular flexibility index (Phi) is 6.58. The number of rotatable bonds is 7. The molecule has 2 aromatic carbocycles. The summed E-state index contributed by atoms with van der Waals surface area (Å²) in [6, 6.07) is 17.6. The zero-order valence-corrected chi connectivity index (χ0v) is 16.8. The van der Waals surface area contributed by atoms with Crippen molar-refractivity contribution in [2.45, 2.75) is 12.8 Å². The van der Waals surface area contributed by atoms with E-state index in [0.717, 1.165) is 0 Å². The van der Waals surface area contributed by atoms with Gasteiger partial charge in [-0.3, -0.25) is 4.79 Å². The van der Waals surface area contributed by atoms with E-state index in [0.29, 0.717) is 16.9 Å². The van der Waals surface area contributed by atoms with Crippen molar-refractivity contribution in [1.82, 2.24) is 0 Å². The van der Waals surface area contributed by atoms with E-state index in [1.165, 1.54) is 0 Å². The van der Waals surface area contributed by atoms with Gasteiger partial charge in [0, 0.05) is 5.56 Å². The summed E-state index contributed by atoms with van der Waals surface area (Å²) in [7, 11) is 0. The number of carbonyl (C=O) groups is 2. The second-order valence-corrected chi connectivity index (χ2v) is 6.58. The minimum Gasteiger partial charge on any atom is -0.484 e. The van der Waals surface area contributed by atoms with Gasteiger partial charge in [-0.2, -0.15) is 5.26 Å². The van der Waals surface area contributed by atoms with Gasteiger partial charge in [0.15, 0.2) is 6.61 Å². The maximum Gasteiger partial charge on any atom is 0.338 e. The predicted octanol–water partition coefficient (Wildman–Crippen LogP) is 2.33. The number of nitriles is 1. The van der Waals surface area contributed by atoms with Crippen molar-refractivity contribution in [1.29, 1.82) is 5.26 Å². The summed E-state index contributed by atoms with van der Waals surface area (Å²) in [6.45, 7) is 1.58. The Balaban J connectivity index is 2.13. The topological polar surface area (TPSA) is 138 Å². The normalized spacial score (nSPS) is 15.7. The van der Waals surface area contributed by atoms with E-state index < -0.39 is 17.8 Å². The van der Waals surface area contributed by atoms with Crippen molar-refractivity contribution < 1.29 is 23.8 Å². The highest BCUT2D eigenvalue weighted by Gasteiger charge is 2.38. The molecule has 1 atom stereocenters. The molecule has 1 amide bonds. The van der Waals surface area contributed by atoms with E-state index in [9.17, 15) is 14.9 Å². The van der Waals surface area contributed by atoms with Crippen LogP contribution in [0.3, 0.4) is 0 Å². The van der Waals surface area contributed by atoms with Gasteiger partial charge in [-0.15, -0.1) is 0 Å². The number of primary amides is 1. The molecule has 4 N–H and O–H groups in total. The fraction of sp³-hybridized carbons (Fsp3) is 0.174. The van der Waals surface area contributed by atoms with Crippen molar-refractivity contribution in [2.75, 3.05) is 13.2 Å². The highest BCUT2D eigenvalue weighted by molar-refractivity contribution is 5.99. The van der Waals surface area contributed by atoms with Crippen LogP contribution in [0.1, 0.15) is 24.0 Å². The van der Waals surface area contributed by atoms with Gasteiger partial charge in [0.25, 0.3) is 5.91 Å². The Morgan fingerprint density at radius 3 is 2.39 bits per heavy atom. The van der Waals surface area contributed by atoms with Gasteiger partial charge in [-0.25, -0.2) is 4.79 Å². The predicted molar refractivity (Wildman–Crippen MR) is 112 cm³/mol. The van der Waals surface area contributed by atoms with E-state index in [2.05, 4.69) is 6.07 Å². The third-order valence-corrected chi connectivity index (χ3v) is 4.55. The molecule has 1 heterocycles. The van der Waals surface area contributed by atoms with Gasteiger partial charge >= 0.3 is 5.97 Å². The lowest BCUT2D eigenvalue weighted by molar-refractivity contribution is -0.138. The lowest BCUT2D eigenvalue weighted by Crippen LogP contribution is -2.26. The Morgan fingerprint density at radius 2 is 1.81 bits per heavy atom. The molecule has 0 saturated heterocycles. The number of hydrogen-bond donors (Lipinski definition) is 2. The third-order valence-electron chi connectivity index (χ3n) is 4.55. The molecular weight excluding hydrogens is 398 g/mol. The van der Waals surface area contributed by atoms with Gasteiger partial charge in [0.2, 0.25) is 5.88 Å². The fourth-order valence-electron chi connectivity index (χ4n) is 3.22. The highest BCUT2D eigenvalue weighted by Crippen LogP contribution is 2.43. The summed E-state index contributed by atoms with van der Waals surface area (Å²) >= 11 is 0. The van der Waals surface area contributed by atoms with Crippen LogP contribution in [0.5, 0.6) is 5.75 Å². The minimum absolute atomic E-state index is 0.0894. The van der Waals surface area contributed by atoms with Gasteiger partial charge in [0.05, 0.1) is 18.1 Å². The standard InChI is InChI=1S/C23H21N3O5/c1-2-29-23(28)20-19(14-8-10-16(11-9-14)30-13-18(25)27)17(12-24)22(26)31-21(20)15-6-4-3-5-7-15/h3-11,19H,2,13,26H2,1H3,(H2,25,27)/t19-/m0/s1. The van der Waals surface area contributed by atoms with Crippen molar-refractivity contribution in [3.05, 3.63) is 82.8 Å². The summed E-state index contributed by atoms with van der Waals surface area (Å²) in [5.74, 6) is -1.46. The smallest absolute Gasteiger partial charge is 0.338 e. The molecule has 8 heteroatoms. The van der Waals surface area contributed by atoms with E-state index in [4.69, 9.17) is 25.7 Å². The molecular formula is C23H21N3O5. The number of amides is 1. The van der Waals surface area contributed by atoms with Crippen molar-refractivity contribution in [3.8, 4) is 11.8 Å². The number of allylic oxidation sites excluding steroid dienone is 1. The molecule has 158 valence electrons. The monoisotopic (exact) mass is 419 g/mol. The first-order valence-corrected chi connectivity index (χ1v) is 9.51. The Morgan fingerprint density at radius 1 is 1.13 bits per heavy atom. The maximum atomic E-state index is 13.0. The molecule has 0 aliphatic carbocycles. The average molecular weight is 419 g/mol. The summed E-state index contributed by atoms with van der Waals surface area (Å²) in [6.07, 6.45) is 0. The molecule has 1 aliphatic heterocycles.